The van der Waals surface area contributed by atoms with Crippen LogP contribution in [-0.2, 0) is 15.3 Å². The Kier molecular flexibility index (Phi) is 4.25. The van der Waals surface area contributed by atoms with E-state index < -0.39 is 0 Å². The molecule has 0 spiro atoms. The average molecular weight is 264 g/mol. The van der Waals surface area contributed by atoms with E-state index in [0.717, 1.165) is 17.1 Å². The van der Waals surface area contributed by atoms with E-state index in [9.17, 15) is 4.79 Å². The number of nitrogens with zero attached hydrogens (tertiary/aromatic N) is 2. The zero-order valence-electron chi connectivity index (χ0n) is 10.5. The van der Waals surface area contributed by atoms with Gasteiger partial charge in [-0.1, -0.05) is 6.07 Å². The van der Waals surface area contributed by atoms with Gasteiger partial charge in [0.05, 0.1) is 17.6 Å². The van der Waals surface area contributed by atoms with Crippen LogP contribution in [0.25, 0.3) is 5.65 Å². The Bertz CT molecular complexity index is 504. The number of imidazole rings is 1. The van der Waals surface area contributed by atoms with Crippen LogP contribution in [0.15, 0.2) is 30.6 Å². The van der Waals surface area contributed by atoms with Crippen molar-refractivity contribution in [1.82, 2.24) is 9.38 Å². The first-order chi connectivity index (χ1) is 8.65. The maximum absolute atomic E-state index is 11.3. The van der Waals surface area contributed by atoms with Gasteiger partial charge in [-0.05, 0) is 26.0 Å². The molecule has 0 saturated carbocycles. The summed E-state index contributed by atoms with van der Waals surface area (Å²) in [5, 5.41) is 0. The molecule has 0 aliphatic rings. The quantitative estimate of drug-likeness (QED) is 0.778. The molecule has 0 aliphatic carbocycles. The average Bonchev–Trinajstić information content (AvgIpc) is 2.70. The molecule has 18 heavy (non-hydrogen) atoms. The summed E-state index contributed by atoms with van der Waals surface area (Å²) in [5.74, 6) is 0.916. The Hall–Kier alpha value is -1.49. The van der Waals surface area contributed by atoms with Gasteiger partial charge in [0, 0.05) is 18.1 Å². The summed E-state index contributed by atoms with van der Waals surface area (Å²) in [6.45, 7) is 3.70. The molecular formula is C13H16N2O2S. The van der Waals surface area contributed by atoms with Crippen molar-refractivity contribution in [3.05, 3.63) is 36.3 Å². The normalized spacial score (nSPS) is 11.1. The molecule has 0 amide bonds. The smallest absolute Gasteiger partial charge is 0.316 e. The van der Waals surface area contributed by atoms with Crippen LogP contribution in [0.1, 0.15) is 19.5 Å². The zero-order valence-corrected chi connectivity index (χ0v) is 11.3. The van der Waals surface area contributed by atoms with Gasteiger partial charge in [-0.15, -0.1) is 11.8 Å². The van der Waals surface area contributed by atoms with E-state index in [2.05, 4.69) is 4.98 Å². The van der Waals surface area contributed by atoms with E-state index in [0.29, 0.717) is 5.75 Å². The van der Waals surface area contributed by atoms with Gasteiger partial charge >= 0.3 is 5.97 Å². The maximum Gasteiger partial charge on any atom is 0.316 e. The van der Waals surface area contributed by atoms with Crippen molar-refractivity contribution in [2.24, 2.45) is 0 Å². The second kappa shape index (κ2) is 5.91. The molecule has 5 heteroatoms. The van der Waals surface area contributed by atoms with Crippen molar-refractivity contribution in [1.29, 1.82) is 0 Å². The molecule has 0 atom stereocenters. The van der Waals surface area contributed by atoms with Crippen LogP contribution in [0.2, 0.25) is 0 Å². The van der Waals surface area contributed by atoms with Crippen LogP contribution >= 0.6 is 11.8 Å². The minimum atomic E-state index is -0.168. The van der Waals surface area contributed by atoms with Crippen molar-refractivity contribution in [2.45, 2.75) is 25.7 Å². The van der Waals surface area contributed by atoms with Crippen molar-refractivity contribution >= 4 is 23.4 Å². The fraction of sp³-hybridized carbons (Fsp3) is 0.385. The van der Waals surface area contributed by atoms with Gasteiger partial charge < -0.3 is 9.14 Å². The largest absolute Gasteiger partial charge is 0.462 e. The fourth-order valence-corrected chi connectivity index (χ4v) is 2.28. The number of pyridine rings is 1. The lowest BCUT2D eigenvalue weighted by atomic mass is 10.5. The van der Waals surface area contributed by atoms with Gasteiger partial charge in [0.2, 0.25) is 0 Å². The standard InChI is InChI=1S/C13H16N2O2S/c1-10(2)17-13(16)9-18-8-11-7-15-6-4-3-5-12(15)14-11/h3-7,10H,8-9H2,1-2H3. The lowest BCUT2D eigenvalue weighted by Crippen LogP contribution is -2.13. The summed E-state index contributed by atoms with van der Waals surface area (Å²) in [7, 11) is 0. The van der Waals surface area contributed by atoms with E-state index in [1.807, 2.05) is 48.8 Å². The van der Waals surface area contributed by atoms with Crippen LogP contribution in [0.3, 0.4) is 0 Å². The van der Waals surface area contributed by atoms with E-state index >= 15 is 0 Å². The van der Waals surface area contributed by atoms with Crippen molar-refractivity contribution in [3.63, 3.8) is 0 Å². The summed E-state index contributed by atoms with van der Waals surface area (Å²) in [6.07, 6.45) is 3.90. The second-order valence-corrected chi connectivity index (χ2v) is 5.22. The first-order valence-corrected chi connectivity index (χ1v) is 7.00. The molecule has 2 rings (SSSR count). The highest BCUT2D eigenvalue weighted by Crippen LogP contribution is 2.13. The molecule has 0 aromatic carbocycles. The Balaban J connectivity index is 1.85. The van der Waals surface area contributed by atoms with E-state index in [4.69, 9.17) is 4.74 Å². The molecule has 0 unspecified atom stereocenters. The maximum atomic E-state index is 11.3. The SMILES string of the molecule is CC(C)OC(=O)CSCc1cn2ccccc2n1. The van der Waals surface area contributed by atoms with Gasteiger partial charge in [-0.25, -0.2) is 4.98 Å². The van der Waals surface area contributed by atoms with Crippen LogP contribution in [0, 0.1) is 0 Å². The molecule has 0 aliphatic heterocycles. The summed E-state index contributed by atoms with van der Waals surface area (Å²) in [6, 6.07) is 5.88. The number of ether oxygens (including phenoxy) is 1. The molecule has 96 valence electrons. The molecular weight excluding hydrogens is 248 g/mol. The molecule has 0 N–H and O–H groups in total. The number of carbonyl (C=O) groups is 1. The lowest BCUT2D eigenvalue weighted by molar-refractivity contribution is -0.144. The van der Waals surface area contributed by atoms with Crippen molar-refractivity contribution < 1.29 is 9.53 Å². The number of esters is 1. The van der Waals surface area contributed by atoms with E-state index in [-0.39, 0.29) is 12.1 Å². The first kappa shape index (κ1) is 13.0. The molecule has 0 saturated heterocycles. The monoisotopic (exact) mass is 264 g/mol. The summed E-state index contributed by atoms with van der Waals surface area (Å²) >= 11 is 1.52. The zero-order chi connectivity index (χ0) is 13.0. The van der Waals surface area contributed by atoms with Crippen LogP contribution < -0.4 is 0 Å². The number of hydrogen-bond donors (Lipinski definition) is 0. The summed E-state index contributed by atoms with van der Waals surface area (Å²) in [4.78, 5) is 15.8. The Labute approximate surface area is 110 Å². The molecule has 0 fully saturated rings. The predicted octanol–water partition coefficient (Wildman–Crippen LogP) is 2.52. The van der Waals surface area contributed by atoms with Crippen LogP contribution in [0.4, 0.5) is 0 Å². The number of carbonyl (C=O) groups excluding carboxylic acids is 1. The Morgan fingerprint density at radius 1 is 1.50 bits per heavy atom. The molecule has 0 bridgehead atoms. The van der Waals surface area contributed by atoms with Crippen molar-refractivity contribution in [2.75, 3.05) is 5.75 Å². The topological polar surface area (TPSA) is 43.6 Å². The summed E-state index contributed by atoms with van der Waals surface area (Å²) < 4.78 is 7.04. The number of fused-ring (bicyclic) bond motifs is 1. The molecule has 0 radical (unpaired) electrons. The van der Waals surface area contributed by atoms with Gasteiger partial charge in [0.1, 0.15) is 5.65 Å². The van der Waals surface area contributed by atoms with Crippen molar-refractivity contribution in [3.8, 4) is 0 Å². The van der Waals surface area contributed by atoms with Gasteiger partial charge in [0.15, 0.2) is 0 Å². The molecule has 2 heterocycles. The van der Waals surface area contributed by atoms with Crippen LogP contribution in [-0.4, -0.2) is 27.2 Å². The third-order valence-electron chi connectivity index (χ3n) is 2.25. The molecule has 2 aromatic rings. The number of aromatic nitrogens is 2. The predicted molar refractivity (Wildman–Crippen MR) is 72.6 cm³/mol. The fourth-order valence-electron chi connectivity index (χ4n) is 1.59. The third kappa shape index (κ3) is 3.50. The lowest BCUT2D eigenvalue weighted by Gasteiger charge is -2.06. The highest BCUT2D eigenvalue weighted by Gasteiger charge is 2.07. The highest BCUT2D eigenvalue weighted by molar-refractivity contribution is 7.99. The summed E-state index contributed by atoms with van der Waals surface area (Å²) in [5.41, 5.74) is 1.90. The Morgan fingerprint density at radius 2 is 2.33 bits per heavy atom. The van der Waals surface area contributed by atoms with Gasteiger partial charge in [-0.2, -0.15) is 0 Å². The highest BCUT2D eigenvalue weighted by atomic mass is 32.2. The first-order valence-electron chi connectivity index (χ1n) is 5.85. The second-order valence-electron chi connectivity index (χ2n) is 4.23. The number of thioether (sulfide) groups is 1. The van der Waals surface area contributed by atoms with E-state index in [1.165, 1.54) is 11.8 Å². The number of hydrogen-bond acceptors (Lipinski definition) is 4. The minimum Gasteiger partial charge on any atom is -0.462 e. The molecule has 4 nitrogen and oxygen atoms in total. The number of rotatable bonds is 5. The van der Waals surface area contributed by atoms with Gasteiger partial charge in [0.25, 0.3) is 0 Å². The molecule has 2 aromatic heterocycles. The van der Waals surface area contributed by atoms with Gasteiger partial charge in [-0.3, -0.25) is 4.79 Å². The minimum absolute atomic E-state index is 0.0479. The van der Waals surface area contributed by atoms with Crippen LogP contribution in [0.5, 0.6) is 0 Å². The third-order valence-corrected chi connectivity index (χ3v) is 3.19. The Morgan fingerprint density at radius 3 is 3.06 bits per heavy atom. The van der Waals surface area contributed by atoms with E-state index in [1.54, 1.807) is 0 Å².